The lowest BCUT2D eigenvalue weighted by Gasteiger charge is -2.17. The summed E-state index contributed by atoms with van der Waals surface area (Å²) in [7, 11) is 1.47. The summed E-state index contributed by atoms with van der Waals surface area (Å²) in [5, 5.41) is 4.99. The molecule has 0 fully saturated rings. The molecule has 0 saturated heterocycles. The molecule has 0 bridgehead atoms. The van der Waals surface area contributed by atoms with Crippen LogP contribution in [0.25, 0.3) is 0 Å². The van der Waals surface area contributed by atoms with Crippen molar-refractivity contribution in [2.75, 3.05) is 7.05 Å². The van der Waals surface area contributed by atoms with Crippen molar-refractivity contribution in [1.82, 2.24) is 10.6 Å². The summed E-state index contributed by atoms with van der Waals surface area (Å²) in [4.78, 5) is 33.4. The summed E-state index contributed by atoms with van der Waals surface area (Å²) in [6.07, 6.45) is 0.282. The molecule has 1 unspecified atom stereocenters. The Hall–Kier alpha value is -1.59. The summed E-state index contributed by atoms with van der Waals surface area (Å²) in [6, 6.07) is -0.701. The highest BCUT2D eigenvalue weighted by atomic mass is 16.2. The lowest BCUT2D eigenvalue weighted by molar-refractivity contribution is -0.130. The van der Waals surface area contributed by atoms with E-state index in [4.69, 9.17) is 5.73 Å². The molecule has 0 aromatic carbocycles. The minimum atomic E-state index is -0.701. The molecule has 0 aliphatic rings. The Balaban J connectivity index is 4.37. The molecule has 0 rings (SSSR count). The van der Waals surface area contributed by atoms with Crippen LogP contribution < -0.4 is 16.4 Å². The van der Waals surface area contributed by atoms with Crippen LogP contribution in [0.1, 0.15) is 26.7 Å². The Kier molecular flexibility index (Phi) is 6.14. The van der Waals surface area contributed by atoms with Crippen molar-refractivity contribution >= 4 is 17.7 Å². The molecule has 16 heavy (non-hydrogen) atoms. The van der Waals surface area contributed by atoms with Gasteiger partial charge in [0, 0.05) is 19.4 Å². The SMILES string of the molecule is CNC(=O)C(CCC(N)=O)NC(=O)C(C)C. The van der Waals surface area contributed by atoms with Gasteiger partial charge in [-0.3, -0.25) is 14.4 Å². The van der Waals surface area contributed by atoms with E-state index in [9.17, 15) is 14.4 Å². The molecular formula is C10H19N3O3. The Bertz CT molecular complexity index is 276. The van der Waals surface area contributed by atoms with Crippen molar-refractivity contribution in [3.8, 4) is 0 Å². The number of nitrogens with one attached hydrogen (secondary N) is 2. The Labute approximate surface area is 94.9 Å². The van der Waals surface area contributed by atoms with E-state index in [0.29, 0.717) is 0 Å². The Morgan fingerprint density at radius 2 is 1.75 bits per heavy atom. The van der Waals surface area contributed by atoms with Crippen molar-refractivity contribution in [3.05, 3.63) is 0 Å². The molecular weight excluding hydrogens is 210 g/mol. The number of carbonyl (C=O) groups is 3. The number of amides is 3. The second-order valence-corrected chi connectivity index (χ2v) is 3.84. The lowest BCUT2D eigenvalue weighted by Crippen LogP contribution is -2.47. The van der Waals surface area contributed by atoms with E-state index in [0.717, 1.165) is 0 Å². The van der Waals surface area contributed by atoms with Gasteiger partial charge in [0.1, 0.15) is 6.04 Å². The smallest absolute Gasteiger partial charge is 0.242 e. The van der Waals surface area contributed by atoms with E-state index in [1.54, 1.807) is 13.8 Å². The van der Waals surface area contributed by atoms with Crippen molar-refractivity contribution in [3.63, 3.8) is 0 Å². The third-order valence-electron chi connectivity index (χ3n) is 2.08. The first-order valence-electron chi connectivity index (χ1n) is 5.18. The number of primary amides is 1. The third-order valence-corrected chi connectivity index (χ3v) is 2.08. The molecule has 0 aliphatic carbocycles. The van der Waals surface area contributed by atoms with Crippen LogP contribution in [0.4, 0.5) is 0 Å². The van der Waals surface area contributed by atoms with Crippen molar-refractivity contribution in [1.29, 1.82) is 0 Å². The van der Waals surface area contributed by atoms with Crippen LogP contribution >= 0.6 is 0 Å². The molecule has 6 heteroatoms. The first kappa shape index (κ1) is 14.4. The molecule has 0 aromatic heterocycles. The molecule has 92 valence electrons. The Morgan fingerprint density at radius 3 is 2.12 bits per heavy atom. The second kappa shape index (κ2) is 6.81. The van der Waals surface area contributed by atoms with Crippen LogP contribution in [0.2, 0.25) is 0 Å². The zero-order valence-electron chi connectivity index (χ0n) is 9.87. The summed E-state index contributed by atoms with van der Waals surface area (Å²) in [6.45, 7) is 3.45. The van der Waals surface area contributed by atoms with Gasteiger partial charge in [-0.1, -0.05) is 13.8 Å². The number of carbonyl (C=O) groups excluding carboxylic acids is 3. The molecule has 0 radical (unpaired) electrons. The topological polar surface area (TPSA) is 101 Å². The first-order valence-corrected chi connectivity index (χ1v) is 5.18. The molecule has 6 nitrogen and oxygen atoms in total. The number of hydrogen-bond donors (Lipinski definition) is 3. The van der Waals surface area contributed by atoms with Gasteiger partial charge in [-0.15, -0.1) is 0 Å². The van der Waals surface area contributed by atoms with Gasteiger partial charge in [0.15, 0.2) is 0 Å². The summed E-state index contributed by atoms with van der Waals surface area (Å²) in [5.41, 5.74) is 4.99. The van der Waals surface area contributed by atoms with Gasteiger partial charge < -0.3 is 16.4 Å². The van der Waals surface area contributed by atoms with E-state index in [2.05, 4.69) is 10.6 Å². The standard InChI is InChI=1S/C10H19N3O3/c1-6(2)9(15)13-7(10(16)12-3)4-5-8(11)14/h6-7H,4-5H2,1-3H3,(H2,11,14)(H,12,16)(H,13,15). The summed E-state index contributed by atoms with van der Waals surface area (Å²) in [5.74, 6) is -1.25. The fourth-order valence-corrected chi connectivity index (χ4v) is 1.07. The number of likely N-dealkylation sites (N-methyl/N-ethyl adjacent to an activating group) is 1. The fraction of sp³-hybridized carbons (Fsp3) is 0.700. The second-order valence-electron chi connectivity index (χ2n) is 3.84. The zero-order valence-corrected chi connectivity index (χ0v) is 9.87. The summed E-state index contributed by atoms with van der Waals surface area (Å²) < 4.78 is 0. The van der Waals surface area contributed by atoms with Gasteiger partial charge in [0.2, 0.25) is 17.7 Å². The van der Waals surface area contributed by atoms with E-state index in [1.807, 2.05) is 0 Å². The van der Waals surface area contributed by atoms with Crippen LogP contribution in [0.5, 0.6) is 0 Å². The molecule has 0 spiro atoms. The van der Waals surface area contributed by atoms with E-state index < -0.39 is 11.9 Å². The maximum atomic E-state index is 11.4. The molecule has 3 amide bonds. The minimum Gasteiger partial charge on any atom is -0.370 e. The maximum Gasteiger partial charge on any atom is 0.242 e. The average Bonchev–Trinajstić information content (AvgIpc) is 2.22. The third kappa shape index (κ3) is 5.33. The fourth-order valence-electron chi connectivity index (χ4n) is 1.07. The molecule has 1 atom stereocenters. The van der Waals surface area contributed by atoms with E-state index in [-0.39, 0.29) is 30.6 Å². The molecule has 0 heterocycles. The molecule has 0 aromatic rings. The van der Waals surface area contributed by atoms with Crippen molar-refractivity contribution in [2.24, 2.45) is 11.7 Å². The molecule has 4 N–H and O–H groups in total. The van der Waals surface area contributed by atoms with Gasteiger partial charge in [0.05, 0.1) is 0 Å². The van der Waals surface area contributed by atoms with Crippen molar-refractivity contribution < 1.29 is 14.4 Å². The Morgan fingerprint density at radius 1 is 1.19 bits per heavy atom. The van der Waals surface area contributed by atoms with E-state index >= 15 is 0 Å². The number of nitrogens with two attached hydrogens (primary N) is 1. The number of rotatable bonds is 6. The first-order chi connectivity index (χ1) is 7.38. The number of hydrogen-bond acceptors (Lipinski definition) is 3. The van der Waals surface area contributed by atoms with Crippen molar-refractivity contribution in [2.45, 2.75) is 32.7 Å². The highest BCUT2D eigenvalue weighted by Crippen LogP contribution is 2.00. The highest BCUT2D eigenvalue weighted by molar-refractivity contribution is 5.88. The quantitative estimate of drug-likeness (QED) is 0.552. The van der Waals surface area contributed by atoms with E-state index in [1.165, 1.54) is 7.05 Å². The van der Waals surface area contributed by atoms with Crippen LogP contribution in [-0.4, -0.2) is 30.8 Å². The van der Waals surface area contributed by atoms with Crippen LogP contribution in [0.3, 0.4) is 0 Å². The van der Waals surface area contributed by atoms with Gasteiger partial charge >= 0.3 is 0 Å². The predicted molar refractivity (Wildman–Crippen MR) is 59.3 cm³/mol. The zero-order chi connectivity index (χ0) is 12.7. The highest BCUT2D eigenvalue weighted by Gasteiger charge is 2.21. The minimum absolute atomic E-state index is 0.0659. The van der Waals surface area contributed by atoms with Gasteiger partial charge in [-0.25, -0.2) is 0 Å². The van der Waals surface area contributed by atoms with Crippen LogP contribution in [-0.2, 0) is 14.4 Å². The van der Waals surface area contributed by atoms with Gasteiger partial charge in [-0.05, 0) is 6.42 Å². The largest absolute Gasteiger partial charge is 0.370 e. The van der Waals surface area contributed by atoms with Gasteiger partial charge in [0.25, 0.3) is 0 Å². The molecule has 0 saturated carbocycles. The average molecular weight is 229 g/mol. The maximum absolute atomic E-state index is 11.4. The summed E-state index contributed by atoms with van der Waals surface area (Å²) >= 11 is 0. The van der Waals surface area contributed by atoms with Gasteiger partial charge in [-0.2, -0.15) is 0 Å². The van der Waals surface area contributed by atoms with Crippen LogP contribution in [0.15, 0.2) is 0 Å². The predicted octanol–water partition coefficient (Wildman–Crippen LogP) is -0.861. The molecule has 0 aliphatic heterocycles. The monoisotopic (exact) mass is 229 g/mol. The lowest BCUT2D eigenvalue weighted by atomic mass is 10.1. The normalized spacial score (nSPS) is 12.0. The van der Waals surface area contributed by atoms with Crippen LogP contribution in [0, 0.1) is 5.92 Å².